The number of ether oxygens (including phenoxy) is 2. The van der Waals surface area contributed by atoms with Crippen LogP contribution in [0.2, 0.25) is 0 Å². The molecule has 150 valence electrons. The average Bonchev–Trinajstić information content (AvgIpc) is 2.69. The first kappa shape index (κ1) is 21.4. The molecule has 0 unspecified atom stereocenters. The second-order valence-electron chi connectivity index (χ2n) is 7.28. The minimum absolute atomic E-state index is 0.00903. The van der Waals surface area contributed by atoms with Crippen LogP contribution in [-0.4, -0.2) is 31.6 Å². The molecule has 2 aromatic carbocycles. The first-order valence-corrected chi connectivity index (χ1v) is 9.33. The van der Waals surface area contributed by atoms with Crippen LogP contribution in [0.3, 0.4) is 0 Å². The highest BCUT2D eigenvalue weighted by atomic mass is 16.5. The lowest BCUT2D eigenvalue weighted by molar-refractivity contribution is 0.0840. The van der Waals surface area contributed by atoms with Gasteiger partial charge in [-0.15, -0.1) is 0 Å². The monoisotopic (exact) mass is 384 g/mol. The number of carbonyl (C=O) groups excluding carboxylic acids is 2. The Morgan fingerprint density at radius 1 is 0.893 bits per heavy atom. The number of hydrogen-bond acceptors (Lipinski definition) is 4. The fourth-order valence-electron chi connectivity index (χ4n) is 2.51. The molecular formula is C22H28N2O4. The minimum atomic E-state index is -0.452. The summed E-state index contributed by atoms with van der Waals surface area (Å²) in [6, 6.07) is 14.2. The van der Waals surface area contributed by atoms with E-state index in [9.17, 15) is 9.59 Å². The summed E-state index contributed by atoms with van der Waals surface area (Å²) in [5, 5.41) is 0. The quantitative estimate of drug-likeness (QED) is 0.566. The highest BCUT2D eigenvalue weighted by molar-refractivity contribution is 6.00. The Labute approximate surface area is 166 Å². The molecule has 0 aliphatic heterocycles. The van der Waals surface area contributed by atoms with Gasteiger partial charge in [-0.05, 0) is 42.2 Å². The zero-order valence-electron chi connectivity index (χ0n) is 16.9. The molecule has 0 heterocycles. The minimum Gasteiger partial charge on any atom is -0.490 e. The van der Waals surface area contributed by atoms with Gasteiger partial charge in [0.2, 0.25) is 0 Å². The molecule has 0 bridgehead atoms. The summed E-state index contributed by atoms with van der Waals surface area (Å²) < 4.78 is 10.8. The lowest BCUT2D eigenvalue weighted by atomic mass is 9.87. The van der Waals surface area contributed by atoms with Gasteiger partial charge in [-0.1, -0.05) is 45.0 Å². The lowest BCUT2D eigenvalue weighted by Gasteiger charge is -2.19. The lowest BCUT2D eigenvalue weighted by Crippen LogP contribution is -2.41. The van der Waals surface area contributed by atoms with Gasteiger partial charge in [0.25, 0.3) is 11.8 Å². The van der Waals surface area contributed by atoms with Crippen LogP contribution in [0.4, 0.5) is 0 Å². The summed E-state index contributed by atoms with van der Waals surface area (Å²) in [6.07, 6.45) is 0. The molecule has 2 aromatic rings. The number of rotatable bonds is 7. The Bertz CT molecular complexity index is 795. The molecule has 2 amide bonds. The third-order valence-electron chi connectivity index (χ3n) is 4.12. The van der Waals surface area contributed by atoms with Crippen LogP contribution in [0.5, 0.6) is 5.75 Å². The Morgan fingerprint density at radius 2 is 1.54 bits per heavy atom. The third-order valence-corrected chi connectivity index (χ3v) is 4.12. The molecule has 0 aliphatic rings. The van der Waals surface area contributed by atoms with Crippen LogP contribution in [-0.2, 0) is 10.2 Å². The summed E-state index contributed by atoms with van der Waals surface area (Å²) in [6.45, 7) is 9.61. The molecule has 2 N–H and O–H groups in total. The molecule has 0 saturated heterocycles. The first-order chi connectivity index (χ1) is 13.3. The Hall–Kier alpha value is -2.86. The predicted octanol–water partition coefficient (Wildman–Crippen LogP) is 3.47. The van der Waals surface area contributed by atoms with Crippen molar-refractivity contribution in [3.63, 3.8) is 0 Å². The Morgan fingerprint density at radius 3 is 2.18 bits per heavy atom. The summed E-state index contributed by atoms with van der Waals surface area (Å²) >= 11 is 0. The molecule has 6 heteroatoms. The molecule has 0 saturated carbocycles. The van der Waals surface area contributed by atoms with E-state index in [-0.39, 0.29) is 11.3 Å². The molecule has 0 aromatic heterocycles. The molecule has 6 nitrogen and oxygen atoms in total. The smallest absolute Gasteiger partial charge is 0.273 e. The van der Waals surface area contributed by atoms with Crippen LogP contribution < -0.4 is 15.6 Å². The van der Waals surface area contributed by atoms with Crippen LogP contribution in [0, 0.1) is 0 Å². The van der Waals surface area contributed by atoms with Crippen molar-refractivity contribution < 1.29 is 19.1 Å². The van der Waals surface area contributed by atoms with Crippen molar-refractivity contribution in [2.24, 2.45) is 0 Å². The van der Waals surface area contributed by atoms with Gasteiger partial charge in [0, 0.05) is 12.2 Å². The van der Waals surface area contributed by atoms with Gasteiger partial charge >= 0.3 is 0 Å². The van der Waals surface area contributed by atoms with E-state index in [4.69, 9.17) is 9.47 Å². The summed E-state index contributed by atoms with van der Waals surface area (Å²) in [7, 11) is 0. The van der Waals surface area contributed by atoms with E-state index in [0.29, 0.717) is 36.7 Å². The number of hydrazine groups is 1. The topological polar surface area (TPSA) is 76.7 Å². The van der Waals surface area contributed by atoms with E-state index in [2.05, 4.69) is 31.6 Å². The van der Waals surface area contributed by atoms with E-state index in [0.717, 1.165) is 5.56 Å². The van der Waals surface area contributed by atoms with Crippen molar-refractivity contribution in [1.29, 1.82) is 0 Å². The molecule has 0 atom stereocenters. The molecule has 0 fully saturated rings. The van der Waals surface area contributed by atoms with Gasteiger partial charge in [0.15, 0.2) is 0 Å². The second kappa shape index (κ2) is 9.90. The van der Waals surface area contributed by atoms with Crippen molar-refractivity contribution in [3.8, 4) is 5.75 Å². The van der Waals surface area contributed by atoms with E-state index in [1.54, 1.807) is 36.4 Å². The molecule has 0 aliphatic carbocycles. The van der Waals surface area contributed by atoms with Gasteiger partial charge in [-0.2, -0.15) is 0 Å². The SMILES string of the molecule is CCOCCOc1ccccc1C(=O)NNC(=O)c1ccc(C(C)(C)C)cc1. The van der Waals surface area contributed by atoms with Gasteiger partial charge < -0.3 is 9.47 Å². The van der Waals surface area contributed by atoms with Crippen molar-refractivity contribution in [2.45, 2.75) is 33.1 Å². The van der Waals surface area contributed by atoms with E-state index in [1.807, 2.05) is 19.1 Å². The summed E-state index contributed by atoms with van der Waals surface area (Å²) in [4.78, 5) is 24.7. The van der Waals surface area contributed by atoms with Crippen molar-refractivity contribution in [2.75, 3.05) is 19.8 Å². The maximum Gasteiger partial charge on any atom is 0.273 e. The predicted molar refractivity (Wildman–Crippen MR) is 109 cm³/mol. The van der Waals surface area contributed by atoms with Gasteiger partial charge in [-0.25, -0.2) is 0 Å². The number of para-hydroxylation sites is 1. The summed E-state index contributed by atoms with van der Waals surface area (Å²) in [5.74, 6) is -0.404. The normalized spacial score (nSPS) is 11.0. The van der Waals surface area contributed by atoms with Crippen LogP contribution in [0.15, 0.2) is 48.5 Å². The molecule has 2 rings (SSSR count). The van der Waals surface area contributed by atoms with Crippen LogP contribution in [0.25, 0.3) is 0 Å². The zero-order valence-corrected chi connectivity index (χ0v) is 16.9. The highest BCUT2D eigenvalue weighted by Gasteiger charge is 2.16. The van der Waals surface area contributed by atoms with Crippen molar-refractivity contribution >= 4 is 11.8 Å². The number of benzene rings is 2. The third kappa shape index (κ3) is 6.09. The highest BCUT2D eigenvalue weighted by Crippen LogP contribution is 2.22. The van der Waals surface area contributed by atoms with Gasteiger partial charge in [-0.3, -0.25) is 20.4 Å². The first-order valence-electron chi connectivity index (χ1n) is 9.33. The standard InChI is InChI=1S/C22H28N2O4/c1-5-27-14-15-28-19-9-7-6-8-18(19)21(26)24-23-20(25)16-10-12-17(13-11-16)22(2,3)4/h6-13H,5,14-15H2,1-4H3,(H,23,25)(H,24,26). The molecular weight excluding hydrogens is 356 g/mol. The van der Waals surface area contributed by atoms with Gasteiger partial charge in [0.1, 0.15) is 12.4 Å². The molecule has 0 spiro atoms. The average molecular weight is 384 g/mol. The maximum absolute atomic E-state index is 12.4. The number of amides is 2. The van der Waals surface area contributed by atoms with Crippen LogP contribution >= 0.6 is 0 Å². The fourth-order valence-corrected chi connectivity index (χ4v) is 2.51. The number of nitrogens with one attached hydrogen (secondary N) is 2. The Kier molecular flexibility index (Phi) is 7.58. The Balaban J connectivity index is 1.95. The second-order valence-corrected chi connectivity index (χ2v) is 7.28. The van der Waals surface area contributed by atoms with E-state index < -0.39 is 5.91 Å². The van der Waals surface area contributed by atoms with Crippen molar-refractivity contribution in [1.82, 2.24) is 10.9 Å². The van der Waals surface area contributed by atoms with E-state index in [1.165, 1.54) is 0 Å². The number of hydrogen-bond donors (Lipinski definition) is 2. The van der Waals surface area contributed by atoms with E-state index >= 15 is 0 Å². The fraction of sp³-hybridized carbons (Fsp3) is 0.364. The van der Waals surface area contributed by atoms with Crippen molar-refractivity contribution in [3.05, 3.63) is 65.2 Å². The largest absolute Gasteiger partial charge is 0.490 e. The molecule has 0 radical (unpaired) electrons. The van der Waals surface area contributed by atoms with Gasteiger partial charge in [0.05, 0.1) is 12.2 Å². The number of carbonyl (C=O) groups is 2. The maximum atomic E-state index is 12.4. The molecule has 28 heavy (non-hydrogen) atoms. The summed E-state index contributed by atoms with van der Waals surface area (Å²) in [5.41, 5.74) is 6.82. The zero-order chi connectivity index (χ0) is 20.6. The van der Waals surface area contributed by atoms with Crippen LogP contribution in [0.1, 0.15) is 54.0 Å².